The minimum Gasteiger partial charge on any atom is -0.467 e. The fraction of sp³-hybridized carbons (Fsp3) is 0.250. The Morgan fingerprint density at radius 2 is 2.21 bits per heavy atom. The zero-order valence-electron chi connectivity index (χ0n) is 10.6. The van der Waals surface area contributed by atoms with Gasteiger partial charge in [0.1, 0.15) is 11.6 Å². The molecular formula is C12H14BrN5O. The third kappa shape index (κ3) is 3.54. The molecule has 0 aliphatic carbocycles. The first kappa shape index (κ1) is 13.5. The van der Waals surface area contributed by atoms with Crippen molar-refractivity contribution in [3.8, 4) is 6.01 Å². The van der Waals surface area contributed by atoms with Gasteiger partial charge in [0.25, 0.3) is 0 Å². The van der Waals surface area contributed by atoms with Gasteiger partial charge in [-0.2, -0.15) is 4.98 Å². The molecule has 0 amide bonds. The number of hydrogen-bond acceptors (Lipinski definition) is 6. The second kappa shape index (κ2) is 6.33. The largest absolute Gasteiger partial charge is 0.467 e. The van der Waals surface area contributed by atoms with E-state index >= 15 is 0 Å². The lowest BCUT2D eigenvalue weighted by Gasteiger charge is -2.09. The lowest BCUT2D eigenvalue weighted by atomic mass is 10.2. The molecule has 0 spiro atoms. The number of ether oxygens (including phenoxy) is 1. The van der Waals surface area contributed by atoms with E-state index in [1.807, 2.05) is 19.2 Å². The van der Waals surface area contributed by atoms with Gasteiger partial charge < -0.3 is 15.4 Å². The molecule has 0 atom stereocenters. The predicted octanol–water partition coefficient (Wildman–Crippen LogP) is 2.30. The van der Waals surface area contributed by atoms with Crippen LogP contribution in [0.5, 0.6) is 6.01 Å². The molecule has 2 aromatic rings. The molecule has 0 unspecified atom stereocenters. The first-order valence-electron chi connectivity index (χ1n) is 5.66. The topological polar surface area (TPSA) is 72.0 Å². The van der Waals surface area contributed by atoms with Crippen molar-refractivity contribution in [2.45, 2.75) is 6.54 Å². The summed E-state index contributed by atoms with van der Waals surface area (Å²) in [5, 5.41) is 6.22. The molecule has 0 aliphatic heterocycles. The molecule has 2 rings (SSSR count). The van der Waals surface area contributed by atoms with E-state index in [0.717, 1.165) is 15.9 Å². The Kier molecular flexibility index (Phi) is 4.51. The maximum Gasteiger partial charge on any atom is 0.318 e. The summed E-state index contributed by atoms with van der Waals surface area (Å²) in [7, 11) is 3.38. The molecule has 7 heteroatoms. The van der Waals surface area contributed by atoms with Gasteiger partial charge >= 0.3 is 6.01 Å². The smallest absolute Gasteiger partial charge is 0.318 e. The first-order chi connectivity index (χ1) is 9.22. The number of methoxy groups -OCH3 is 1. The van der Waals surface area contributed by atoms with Gasteiger partial charge in [0.05, 0.1) is 17.8 Å². The molecule has 19 heavy (non-hydrogen) atoms. The summed E-state index contributed by atoms with van der Waals surface area (Å²) in [6.45, 7) is 0.635. The van der Waals surface area contributed by atoms with E-state index in [1.165, 1.54) is 7.11 Å². The van der Waals surface area contributed by atoms with Gasteiger partial charge in [-0.1, -0.05) is 0 Å². The Morgan fingerprint density at radius 1 is 1.37 bits per heavy atom. The number of nitrogens with zero attached hydrogens (tertiary/aromatic N) is 3. The van der Waals surface area contributed by atoms with Crippen molar-refractivity contribution in [2.75, 3.05) is 24.8 Å². The highest BCUT2D eigenvalue weighted by Crippen LogP contribution is 2.21. The molecule has 0 saturated carbocycles. The number of rotatable bonds is 5. The van der Waals surface area contributed by atoms with Gasteiger partial charge in [-0.25, -0.2) is 9.97 Å². The highest BCUT2D eigenvalue weighted by atomic mass is 79.9. The van der Waals surface area contributed by atoms with E-state index in [0.29, 0.717) is 18.4 Å². The van der Waals surface area contributed by atoms with Crippen LogP contribution in [-0.4, -0.2) is 29.1 Å². The lowest BCUT2D eigenvalue weighted by Crippen LogP contribution is -2.05. The summed E-state index contributed by atoms with van der Waals surface area (Å²) in [6.07, 6.45) is 3.41. The van der Waals surface area contributed by atoms with Gasteiger partial charge in [0, 0.05) is 19.8 Å². The SMILES string of the molecule is CNc1cc(CNc2nc(OC)ncc2Br)ccn1. The van der Waals surface area contributed by atoms with Crippen molar-refractivity contribution < 1.29 is 4.74 Å². The van der Waals surface area contributed by atoms with Crippen molar-refractivity contribution in [3.05, 3.63) is 34.6 Å². The number of anilines is 2. The second-order valence-corrected chi connectivity index (χ2v) is 4.56. The maximum atomic E-state index is 5.00. The summed E-state index contributed by atoms with van der Waals surface area (Å²) in [4.78, 5) is 12.4. The molecular weight excluding hydrogens is 310 g/mol. The van der Waals surface area contributed by atoms with Gasteiger partial charge in [0.2, 0.25) is 0 Å². The Bertz CT molecular complexity index is 564. The highest BCUT2D eigenvalue weighted by molar-refractivity contribution is 9.10. The number of aromatic nitrogens is 3. The van der Waals surface area contributed by atoms with Gasteiger partial charge in [-0.15, -0.1) is 0 Å². The van der Waals surface area contributed by atoms with Crippen molar-refractivity contribution in [1.82, 2.24) is 15.0 Å². The molecule has 0 radical (unpaired) electrons. The van der Waals surface area contributed by atoms with E-state index < -0.39 is 0 Å². The van der Waals surface area contributed by atoms with Crippen LogP contribution in [0.2, 0.25) is 0 Å². The summed E-state index contributed by atoms with van der Waals surface area (Å²) < 4.78 is 5.78. The fourth-order valence-electron chi connectivity index (χ4n) is 1.48. The molecule has 2 N–H and O–H groups in total. The Morgan fingerprint density at radius 3 is 2.95 bits per heavy atom. The summed E-state index contributed by atoms with van der Waals surface area (Å²) >= 11 is 3.39. The minimum absolute atomic E-state index is 0.330. The lowest BCUT2D eigenvalue weighted by molar-refractivity contribution is 0.380. The molecule has 0 aliphatic rings. The molecule has 0 saturated heterocycles. The van der Waals surface area contributed by atoms with Crippen LogP contribution >= 0.6 is 15.9 Å². The molecule has 0 aromatic carbocycles. The van der Waals surface area contributed by atoms with Crippen molar-refractivity contribution >= 4 is 27.6 Å². The monoisotopic (exact) mass is 323 g/mol. The van der Waals surface area contributed by atoms with Crippen LogP contribution in [-0.2, 0) is 6.54 Å². The average Bonchev–Trinajstić information content (AvgIpc) is 2.46. The van der Waals surface area contributed by atoms with E-state index in [2.05, 4.69) is 41.5 Å². The molecule has 2 aromatic heterocycles. The van der Waals surface area contributed by atoms with Crippen LogP contribution < -0.4 is 15.4 Å². The summed E-state index contributed by atoms with van der Waals surface area (Å²) in [5.74, 6) is 1.52. The normalized spacial score (nSPS) is 10.1. The predicted molar refractivity (Wildman–Crippen MR) is 77.4 cm³/mol. The van der Waals surface area contributed by atoms with Crippen LogP contribution in [0.4, 0.5) is 11.6 Å². The molecule has 6 nitrogen and oxygen atoms in total. The van der Waals surface area contributed by atoms with E-state index in [1.54, 1.807) is 12.4 Å². The molecule has 0 bridgehead atoms. The molecule has 100 valence electrons. The molecule has 2 heterocycles. The van der Waals surface area contributed by atoms with Gasteiger partial charge in [-0.3, -0.25) is 0 Å². The number of pyridine rings is 1. The zero-order valence-corrected chi connectivity index (χ0v) is 12.2. The minimum atomic E-state index is 0.330. The summed E-state index contributed by atoms with van der Waals surface area (Å²) in [5.41, 5.74) is 1.10. The Balaban J connectivity index is 2.09. The average molecular weight is 324 g/mol. The van der Waals surface area contributed by atoms with E-state index in [9.17, 15) is 0 Å². The maximum absolute atomic E-state index is 5.00. The third-order valence-electron chi connectivity index (χ3n) is 2.45. The van der Waals surface area contributed by atoms with Crippen molar-refractivity contribution in [2.24, 2.45) is 0 Å². The standard InChI is InChI=1S/C12H14BrN5O/c1-14-10-5-8(3-4-15-10)6-16-11-9(13)7-17-12(18-11)19-2/h3-5,7H,6H2,1-2H3,(H,14,15)(H,16,17,18). The first-order valence-corrected chi connectivity index (χ1v) is 6.45. The second-order valence-electron chi connectivity index (χ2n) is 3.71. The van der Waals surface area contributed by atoms with E-state index in [-0.39, 0.29) is 0 Å². The number of nitrogens with one attached hydrogen (secondary N) is 2. The number of hydrogen-bond donors (Lipinski definition) is 2. The quantitative estimate of drug-likeness (QED) is 0.879. The third-order valence-corrected chi connectivity index (χ3v) is 3.03. The van der Waals surface area contributed by atoms with E-state index in [4.69, 9.17) is 4.74 Å². The van der Waals surface area contributed by atoms with Crippen molar-refractivity contribution in [3.63, 3.8) is 0 Å². The zero-order chi connectivity index (χ0) is 13.7. The van der Waals surface area contributed by atoms with Crippen LogP contribution in [0.15, 0.2) is 29.0 Å². The van der Waals surface area contributed by atoms with Gasteiger partial charge in [0.15, 0.2) is 0 Å². The van der Waals surface area contributed by atoms with Crippen LogP contribution in [0, 0.1) is 0 Å². The number of halogens is 1. The van der Waals surface area contributed by atoms with Crippen LogP contribution in [0.3, 0.4) is 0 Å². The fourth-order valence-corrected chi connectivity index (χ4v) is 1.81. The highest BCUT2D eigenvalue weighted by Gasteiger charge is 2.05. The van der Waals surface area contributed by atoms with Crippen LogP contribution in [0.25, 0.3) is 0 Å². The van der Waals surface area contributed by atoms with Crippen LogP contribution in [0.1, 0.15) is 5.56 Å². The van der Waals surface area contributed by atoms with Crippen molar-refractivity contribution in [1.29, 1.82) is 0 Å². The van der Waals surface area contributed by atoms with Gasteiger partial charge in [-0.05, 0) is 33.6 Å². The Hall–Kier alpha value is -1.89. The molecule has 0 fully saturated rings. The Labute approximate surface area is 119 Å². The summed E-state index contributed by atoms with van der Waals surface area (Å²) in [6, 6.07) is 4.25.